The van der Waals surface area contributed by atoms with E-state index in [0.717, 1.165) is 44.5 Å². The van der Waals surface area contributed by atoms with Gasteiger partial charge in [-0.25, -0.2) is 4.98 Å². The Hall–Kier alpha value is -2.49. The number of rotatable bonds is 11. The molecule has 2 aromatic rings. The van der Waals surface area contributed by atoms with Crippen LogP contribution < -0.4 is 5.32 Å². The molecule has 6 heteroatoms. The minimum atomic E-state index is -0.390. The van der Waals surface area contributed by atoms with Crippen LogP contribution in [0, 0.1) is 11.3 Å². The van der Waals surface area contributed by atoms with Crippen LogP contribution >= 0.6 is 15.9 Å². The molecule has 1 heterocycles. The number of aryl methyl sites for hydroxylation is 1. The molecule has 0 saturated heterocycles. The Morgan fingerprint density at radius 2 is 2.03 bits per heavy atom. The average Bonchev–Trinajstić information content (AvgIpc) is 2.75. The van der Waals surface area contributed by atoms with Crippen LogP contribution in [0.25, 0.3) is 6.08 Å². The molecule has 0 radical (unpaired) electrons. The summed E-state index contributed by atoms with van der Waals surface area (Å²) < 4.78 is 6.04. The fraction of sp³-hybridized carbons (Fsp3) is 0.375. The summed E-state index contributed by atoms with van der Waals surface area (Å²) in [6, 6.07) is 15.5. The fourth-order valence-electron chi connectivity index (χ4n) is 3.09. The second kappa shape index (κ2) is 12.9. The SMILES string of the molecule is CCCC(NC(=O)/C(C#N)=C/c1cccc(Br)n1)c1ccc(CCCOCC)cc1. The third kappa shape index (κ3) is 7.74. The van der Waals surface area contributed by atoms with E-state index in [9.17, 15) is 10.1 Å². The summed E-state index contributed by atoms with van der Waals surface area (Å²) in [5, 5.41) is 12.5. The minimum Gasteiger partial charge on any atom is -0.382 e. The van der Waals surface area contributed by atoms with E-state index in [1.807, 2.05) is 19.1 Å². The predicted molar refractivity (Wildman–Crippen MR) is 123 cm³/mol. The summed E-state index contributed by atoms with van der Waals surface area (Å²) in [5.74, 6) is -0.390. The van der Waals surface area contributed by atoms with Crippen molar-refractivity contribution in [2.24, 2.45) is 0 Å². The lowest BCUT2D eigenvalue weighted by molar-refractivity contribution is -0.117. The first-order valence-corrected chi connectivity index (χ1v) is 11.1. The van der Waals surface area contributed by atoms with Crippen LogP contribution in [-0.4, -0.2) is 24.1 Å². The smallest absolute Gasteiger partial charge is 0.262 e. The van der Waals surface area contributed by atoms with Gasteiger partial charge in [0.1, 0.15) is 16.2 Å². The largest absolute Gasteiger partial charge is 0.382 e. The second-order valence-corrected chi connectivity index (χ2v) is 7.72. The zero-order valence-corrected chi connectivity index (χ0v) is 19.1. The monoisotopic (exact) mass is 469 g/mol. The normalized spacial score (nSPS) is 12.3. The van der Waals surface area contributed by atoms with Crippen LogP contribution in [0.1, 0.15) is 56.0 Å². The Morgan fingerprint density at radius 3 is 2.67 bits per heavy atom. The Balaban J connectivity index is 2.08. The summed E-state index contributed by atoms with van der Waals surface area (Å²) >= 11 is 3.30. The highest BCUT2D eigenvalue weighted by molar-refractivity contribution is 9.10. The van der Waals surface area contributed by atoms with Gasteiger partial charge in [0, 0.05) is 13.2 Å². The molecule has 158 valence electrons. The number of nitrogens with one attached hydrogen (secondary N) is 1. The van der Waals surface area contributed by atoms with Gasteiger partial charge in [-0.1, -0.05) is 43.7 Å². The van der Waals surface area contributed by atoms with E-state index in [1.165, 1.54) is 11.6 Å². The van der Waals surface area contributed by atoms with Gasteiger partial charge in [-0.05, 0) is 71.5 Å². The van der Waals surface area contributed by atoms with Crippen molar-refractivity contribution in [3.8, 4) is 6.07 Å². The minimum absolute atomic E-state index is 0.0363. The third-order valence-corrected chi connectivity index (χ3v) is 5.06. The molecule has 1 aromatic carbocycles. The average molecular weight is 470 g/mol. The first kappa shape index (κ1) is 23.8. The van der Waals surface area contributed by atoms with Crippen LogP contribution in [0.3, 0.4) is 0 Å². The molecule has 30 heavy (non-hydrogen) atoms. The zero-order chi connectivity index (χ0) is 21.8. The van der Waals surface area contributed by atoms with Crippen molar-refractivity contribution in [3.63, 3.8) is 0 Å². The highest BCUT2D eigenvalue weighted by Crippen LogP contribution is 2.21. The number of aromatic nitrogens is 1. The first-order chi connectivity index (χ1) is 14.6. The highest BCUT2D eigenvalue weighted by atomic mass is 79.9. The van der Waals surface area contributed by atoms with E-state index < -0.39 is 5.91 Å². The Kier molecular flexibility index (Phi) is 10.3. The van der Waals surface area contributed by atoms with Gasteiger partial charge in [0.25, 0.3) is 5.91 Å². The number of carbonyl (C=O) groups excluding carboxylic acids is 1. The van der Waals surface area contributed by atoms with Crippen molar-refractivity contribution in [2.75, 3.05) is 13.2 Å². The maximum atomic E-state index is 12.7. The number of hydrogen-bond acceptors (Lipinski definition) is 4. The third-order valence-electron chi connectivity index (χ3n) is 4.62. The van der Waals surface area contributed by atoms with Crippen LogP contribution in [-0.2, 0) is 16.0 Å². The highest BCUT2D eigenvalue weighted by Gasteiger charge is 2.17. The molecule has 0 fully saturated rings. The summed E-state index contributed by atoms with van der Waals surface area (Å²) in [6.07, 6.45) is 5.17. The van der Waals surface area contributed by atoms with Gasteiger partial charge in [0.2, 0.25) is 0 Å². The maximum absolute atomic E-state index is 12.7. The molecule has 0 aliphatic heterocycles. The van der Waals surface area contributed by atoms with E-state index in [-0.39, 0.29) is 11.6 Å². The van der Waals surface area contributed by atoms with E-state index in [1.54, 1.807) is 12.1 Å². The number of ether oxygens (including phenoxy) is 1. The molecule has 0 aliphatic rings. The van der Waals surface area contributed by atoms with E-state index in [4.69, 9.17) is 4.74 Å². The van der Waals surface area contributed by atoms with Crippen LogP contribution in [0.2, 0.25) is 0 Å². The molecule has 0 bridgehead atoms. The van der Waals surface area contributed by atoms with Crippen LogP contribution in [0.4, 0.5) is 0 Å². The number of hydrogen-bond donors (Lipinski definition) is 1. The molecule has 0 spiro atoms. The van der Waals surface area contributed by atoms with Gasteiger partial charge in [0.05, 0.1) is 11.7 Å². The molecule has 0 saturated carbocycles. The Labute approximate surface area is 187 Å². The molecule has 5 nitrogen and oxygen atoms in total. The van der Waals surface area contributed by atoms with Crippen molar-refractivity contribution in [2.45, 2.75) is 45.6 Å². The summed E-state index contributed by atoms with van der Waals surface area (Å²) in [6.45, 7) is 5.59. The Bertz CT molecular complexity index is 888. The van der Waals surface area contributed by atoms with Gasteiger partial charge in [-0.15, -0.1) is 0 Å². The quantitative estimate of drug-likeness (QED) is 0.207. The molecular weight excluding hydrogens is 442 g/mol. The number of pyridine rings is 1. The lowest BCUT2D eigenvalue weighted by atomic mass is 9.99. The molecular formula is C24H28BrN3O2. The number of amides is 1. The fourth-order valence-corrected chi connectivity index (χ4v) is 3.44. The van der Waals surface area contributed by atoms with Gasteiger partial charge < -0.3 is 10.1 Å². The van der Waals surface area contributed by atoms with Crippen LogP contribution in [0.15, 0.2) is 52.6 Å². The molecule has 1 unspecified atom stereocenters. The lowest BCUT2D eigenvalue weighted by Gasteiger charge is -2.19. The van der Waals surface area contributed by atoms with Crippen molar-refractivity contribution in [1.82, 2.24) is 10.3 Å². The summed E-state index contributed by atoms with van der Waals surface area (Å²) in [7, 11) is 0. The molecule has 1 N–H and O–H groups in total. The number of nitrogens with zero attached hydrogens (tertiary/aromatic N) is 2. The van der Waals surface area contributed by atoms with Crippen molar-refractivity contribution < 1.29 is 9.53 Å². The second-order valence-electron chi connectivity index (χ2n) is 6.91. The Morgan fingerprint density at radius 1 is 1.27 bits per heavy atom. The molecule has 0 aliphatic carbocycles. The van der Waals surface area contributed by atoms with Gasteiger partial charge in [0.15, 0.2) is 0 Å². The van der Waals surface area contributed by atoms with Gasteiger partial charge >= 0.3 is 0 Å². The van der Waals surface area contributed by atoms with Crippen molar-refractivity contribution >= 4 is 27.9 Å². The molecule has 1 atom stereocenters. The topological polar surface area (TPSA) is 75.0 Å². The molecule has 2 rings (SSSR count). The summed E-state index contributed by atoms with van der Waals surface area (Å²) in [5.41, 5.74) is 2.88. The maximum Gasteiger partial charge on any atom is 0.262 e. The van der Waals surface area contributed by atoms with Gasteiger partial charge in [-0.3, -0.25) is 4.79 Å². The van der Waals surface area contributed by atoms with E-state index in [0.29, 0.717) is 10.3 Å². The predicted octanol–water partition coefficient (Wildman–Crippen LogP) is 5.38. The number of nitriles is 1. The molecule has 1 amide bonds. The van der Waals surface area contributed by atoms with Gasteiger partial charge in [-0.2, -0.15) is 5.26 Å². The zero-order valence-electron chi connectivity index (χ0n) is 17.5. The number of carbonyl (C=O) groups is 1. The number of halogens is 1. The lowest BCUT2D eigenvalue weighted by Crippen LogP contribution is -2.29. The number of benzene rings is 1. The van der Waals surface area contributed by atoms with E-state index in [2.05, 4.69) is 57.4 Å². The summed E-state index contributed by atoms with van der Waals surface area (Å²) in [4.78, 5) is 17.0. The van der Waals surface area contributed by atoms with Crippen molar-refractivity contribution in [3.05, 3.63) is 69.5 Å². The van der Waals surface area contributed by atoms with Crippen LogP contribution in [0.5, 0.6) is 0 Å². The standard InChI is InChI=1S/C24H28BrN3O2/c1-3-7-22(19-13-11-18(12-14-19)8-6-15-30-4-2)28-24(29)20(17-26)16-21-9-5-10-23(25)27-21/h5,9-14,16,22H,3-4,6-8,15H2,1-2H3,(H,28,29)/b20-16+. The van der Waals surface area contributed by atoms with E-state index >= 15 is 0 Å². The molecule has 1 aromatic heterocycles. The van der Waals surface area contributed by atoms with Crippen molar-refractivity contribution in [1.29, 1.82) is 5.26 Å². The first-order valence-electron chi connectivity index (χ1n) is 10.3.